The number of nitrogens with one attached hydrogen (secondary N) is 2. The molecule has 148 valence electrons. The molecule has 0 aliphatic carbocycles. The average Bonchev–Trinajstić information content (AvgIpc) is 3.06. The van der Waals surface area contributed by atoms with Crippen LogP contribution in [0, 0.1) is 0 Å². The Kier molecular flexibility index (Phi) is 4.99. The predicted molar refractivity (Wildman–Crippen MR) is 107 cm³/mol. The van der Waals surface area contributed by atoms with Gasteiger partial charge < -0.3 is 15.0 Å². The molecule has 2 bridgehead atoms. The van der Waals surface area contributed by atoms with Crippen LogP contribution in [-0.2, 0) is 6.54 Å². The number of carbonyl (C=O) groups excluding carboxylic acids is 2. The number of aromatic carboxylic acids is 1. The Hall–Kier alpha value is -3.68. The van der Waals surface area contributed by atoms with Gasteiger partial charge in [-0.2, -0.15) is 0 Å². The zero-order chi connectivity index (χ0) is 20.4. The van der Waals surface area contributed by atoms with Crippen molar-refractivity contribution >= 4 is 34.8 Å². The maximum atomic E-state index is 12.8. The van der Waals surface area contributed by atoms with Crippen molar-refractivity contribution in [3.63, 3.8) is 0 Å². The van der Waals surface area contributed by atoms with Crippen molar-refractivity contribution in [1.29, 1.82) is 0 Å². The summed E-state index contributed by atoms with van der Waals surface area (Å²) in [6.07, 6.45) is 2.49. The lowest BCUT2D eigenvalue weighted by Crippen LogP contribution is -2.25. The molecule has 0 unspecified atom stereocenters. The molecule has 0 saturated heterocycles. The van der Waals surface area contributed by atoms with E-state index < -0.39 is 5.97 Å². The molecule has 1 aliphatic heterocycles. The summed E-state index contributed by atoms with van der Waals surface area (Å²) in [5.41, 5.74) is 2.21. The fraction of sp³-hybridized carbons (Fsp3) is 0.238. The van der Waals surface area contributed by atoms with Crippen molar-refractivity contribution in [3.05, 3.63) is 59.2 Å². The van der Waals surface area contributed by atoms with Crippen molar-refractivity contribution in [2.75, 3.05) is 11.9 Å². The van der Waals surface area contributed by atoms with Crippen LogP contribution in [0.4, 0.5) is 5.95 Å². The number of carboxylic acids is 1. The fourth-order valence-corrected chi connectivity index (χ4v) is 3.43. The summed E-state index contributed by atoms with van der Waals surface area (Å²) in [5, 5.41) is 15.0. The van der Waals surface area contributed by atoms with Gasteiger partial charge in [0.1, 0.15) is 0 Å². The summed E-state index contributed by atoms with van der Waals surface area (Å²) >= 11 is 0. The molecule has 0 atom stereocenters. The van der Waals surface area contributed by atoms with Crippen LogP contribution in [0.15, 0.2) is 42.5 Å². The van der Waals surface area contributed by atoms with Crippen LogP contribution in [-0.4, -0.2) is 39.0 Å². The minimum absolute atomic E-state index is 0.168. The Balaban J connectivity index is 1.77. The maximum absolute atomic E-state index is 12.8. The lowest BCUT2D eigenvalue weighted by Gasteiger charge is -2.12. The number of carboxylic acid groups (broad SMARTS) is 1. The second kappa shape index (κ2) is 7.75. The largest absolute Gasteiger partial charge is 0.478 e. The summed E-state index contributed by atoms with van der Waals surface area (Å²) in [7, 11) is 0. The zero-order valence-electron chi connectivity index (χ0n) is 15.6. The Morgan fingerprint density at radius 1 is 1.00 bits per heavy atom. The van der Waals surface area contributed by atoms with Crippen LogP contribution in [0.3, 0.4) is 0 Å². The first-order valence-corrected chi connectivity index (χ1v) is 9.46. The first-order valence-electron chi connectivity index (χ1n) is 9.46. The van der Waals surface area contributed by atoms with Crippen molar-refractivity contribution in [1.82, 2.24) is 14.9 Å². The first-order chi connectivity index (χ1) is 14.0. The van der Waals surface area contributed by atoms with Gasteiger partial charge >= 0.3 is 5.97 Å². The molecule has 4 rings (SSSR count). The molecule has 2 amide bonds. The van der Waals surface area contributed by atoms with Gasteiger partial charge in [-0.05, 0) is 55.7 Å². The monoisotopic (exact) mass is 392 g/mol. The number of aryl methyl sites for hydroxylation is 1. The molecule has 1 aromatic heterocycles. The van der Waals surface area contributed by atoms with E-state index in [-0.39, 0.29) is 17.4 Å². The third-order valence-corrected chi connectivity index (χ3v) is 4.95. The second-order valence-corrected chi connectivity index (χ2v) is 6.95. The fourth-order valence-electron chi connectivity index (χ4n) is 3.43. The molecular weight excluding hydrogens is 372 g/mol. The van der Waals surface area contributed by atoms with Gasteiger partial charge in [0.25, 0.3) is 11.8 Å². The molecule has 0 spiro atoms. The van der Waals surface area contributed by atoms with Gasteiger partial charge in [-0.1, -0.05) is 6.07 Å². The van der Waals surface area contributed by atoms with Crippen LogP contribution in [0.2, 0.25) is 0 Å². The Morgan fingerprint density at radius 2 is 1.79 bits per heavy atom. The Labute approximate surface area is 166 Å². The lowest BCUT2D eigenvalue weighted by atomic mass is 10.1. The van der Waals surface area contributed by atoms with E-state index >= 15 is 0 Å². The second-order valence-electron chi connectivity index (χ2n) is 6.95. The Bertz CT molecular complexity index is 1120. The molecular formula is C21H20N4O4. The molecule has 0 saturated carbocycles. The van der Waals surface area contributed by atoms with Crippen molar-refractivity contribution < 1.29 is 19.5 Å². The Morgan fingerprint density at radius 3 is 2.59 bits per heavy atom. The molecule has 1 aliphatic rings. The summed E-state index contributed by atoms with van der Waals surface area (Å²) in [4.78, 5) is 40.9. The van der Waals surface area contributed by atoms with Crippen molar-refractivity contribution in [3.8, 4) is 0 Å². The number of amides is 2. The van der Waals surface area contributed by atoms with Crippen LogP contribution < -0.4 is 10.6 Å². The van der Waals surface area contributed by atoms with Gasteiger partial charge in [-0.3, -0.25) is 14.9 Å². The number of hydrogen-bond acceptors (Lipinski definition) is 4. The van der Waals surface area contributed by atoms with Crippen molar-refractivity contribution in [2.45, 2.75) is 25.8 Å². The number of hydrogen-bond donors (Lipinski definition) is 3. The van der Waals surface area contributed by atoms with Crippen LogP contribution in [0.25, 0.3) is 11.0 Å². The highest BCUT2D eigenvalue weighted by Gasteiger charge is 2.17. The predicted octanol–water partition coefficient (Wildman–Crippen LogP) is 2.90. The lowest BCUT2D eigenvalue weighted by molar-refractivity contribution is 0.0696. The molecule has 8 heteroatoms. The molecule has 0 radical (unpaired) electrons. The number of nitrogens with zero attached hydrogens (tertiary/aromatic N) is 2. The van der Waals surface area contributed by atoms with Gasteiger partial charge in [0, 0.05) is 24.2 Å². The van der Waals surface area contributed by atoms with E-state index in [1.807, 2.05) is 4.57 Å². The number of imidazole rings is 1. The van der Waals surface area contributed by atoms with Gasteiger partial charge in [0.05, 0.1) is 16.6 Å². The molecule has 3 aromatic rings. The number of anilines is 1. The maximum Gasteiger partial charge on any atom is 0.335 e. The van der Waals surface area contributed by atoms with Gasteiger partial charge in [-0.15, -0.1) is 0 Å². The van der Waals surface area contributed by atoms with E-state index in [1.165, 1.54) is 6.07 Å². The van der Waals surface area contributed by atoms with E-state index in [2.05, 4.69) is 15.6 Å². The number of rotatable bonds is 1. The number of fused-ring (bicyclic) bond motifs is 5. The average molecular weight is 392 g/mol. The SMILES string of the molecule is O=C(O)c1ccc2nc3n(c2c1)CCCCCNC(=O)c1cccc(c1)C(=O)N3. The van der Waals surface area contributed by atoms with E-state index in [4.69, 9.17) is 0 Å². The summed E-state index contributed by atoms with van der Waals surface area (Å²) in [6, 6.07) is 11.2. The highest BCUT2D eigenvalue weighted by molar-refractivity contribution is 6.06. The zero-order valence-corrected chi connectivity index (χ0v) is 15.6. The third-order valence-electron chi connectivity index (χ3n) is 4.95. The smallest absolute Gasteiger partial charge is 0.335 e. The van der Waals surface area contributed by atoms with Gasteiger partial charge in [-0.25, -0.2) is 9.78 Å². The standard InChI is InChI=1S/C21H20N4O4/c26-18-13-5-4-6-14(11-13)19(27)24-21-23-16-8-7-15(20(28)29)12-17(16)25(21)10-3-1-2-9-22-18/h4-8,11-12H,1-3,9-10H2,(H,22,26)(H,28,29)(H,23,24,27). The number of carbonyl (C=O) groups is 3. The molecule has 2 aromatic carbocycles. The molecule has 8 nitrogen and oxygen atoms in total. The minimum atomic E-state index is -1.01. The normalized spacial score (nSPS) is 15.2. The number of benzene rings is 2. The minimum Gasteiger partial charge on any atom is -0.478 e. The highest BCUT2D eigenvalue weighted by Crippen LogP contribution is 2.23. The highest BCUT2D eigenvalue weighted by atomic mass is 16.4. The van der Waals surface area contributed by atoms with E-state index in [9.17, 15) is 19.5 Å². The molecule has 0 fully saturated rings. The topological polar surface area (TPSA) is 113 Å². The van der Waals surface area contributed by atoms with Gasteiger partial charge in [0.2, 0.25) is 5.95 Å². The van der Waals surface area contributed by atoms with E-state index in [0.29, 0.717) is 41.2 Å². The molecule has 29 heavy (non-hydrogen) atoms. The summed E-state index contributed by atoms with van der Waals surface area (Å²) < 4.78 is 1.84. The van der Waals surface area contributed by atoms with Crippen LogP contribution >= 0.6 is 0 Å². The summed E-state index contributed by atoms with van der Waals surface area (Å²) in [6.45, 7) is 1.12. The van der Waals surface area contributed by atoms with E-state index in [1.54, 1.807) is 36.4 Å². The van der Waals surface area contributed by atoms with Crippen LogP contribution in [0.5, 0.6) is 0 Å². The van der Waals surface area contributed by atoms with Crippen LogP contribution in [0.1, 0.15) is 50.3 Å². The number of aromatic nitrogens is 2. The summed E-state index contributed by atoms with van der Waals surface area (Å²) in [5.74, 6) is -1.24. The van der Waals surface area contributed by atoms with Crippen molar-refractivity contribution in [2.24, 2.45) is 0 Å². The first kappa shape index (κ1) is 18.7. The molecule has 2 heterocycles. The third kappa shape index (κ3) is 3.82. The van der Waals surface area contributed by atoms with Gasteiger partial charge in [0.15, 0.2) is 0 Å². The molecule has 3 N–H and O–H groups in total. The van der Waals surface area contributed by atoms with E-state index in [0.717, 1.165) is 19.3 Å². The quantitative estimate of drug-likeness (QED) is 0.589.